The number of sulfonamides is 1. The molecule has 0 unspecified atom stereocenters. The lowest BCUT2D eigenvalue weighted by atomic mass is 10.0. The number of piperidine rings is 1. The summed E-state index contributed by atoms with van der Waals surface area (Å²) in [5.41, 5.74) is 0.547. The Kier molecular flexibility index (Phi) is 4.80. The Labute approximate surface area is 125 Å². The van der Waals surface area contributed by atoms with Crippen molar-refractivity contribution in [3.63, 3.8) is 0 Å². The highest BCUT2D eigenvalue weighted by Gasteiger charge is 2.27. The molecule has 1 fully saturated rings. The highest BCUT2D eigenvalue weighted by molar-refractivity contribution is 7.89. The Balaban J connectivity index is 2.13. The van der Waals surface area contributed by atoms with Crippen LogP contribution in [0.5, 0.6) is 0 Å². The van der Waals surface area contributed by atoms with E-state index in [0.29, 0.717) is 24.7 Å². The van der Waals surface area contributed by atoms with Gasteiger partial charge in [-0.25, -0.2) is 8.42 Å². The molecule has 6 heteroatoms. The van der Waals surface area contributed by atoms with Crippen LogP contribution < -0.4 is 5.32 Å². The van der Waals surface area contributed by atoms with Gasteiger partial charge in [-0.1, -0.05) is 13.5 Å². The summed E-state index contributed by atoms with van der Waals surface area (Å²) in [6, 6.07) is 6.21. The Morgan fingerprint density at radius 3 is 2.38 bits per heavy atom. The maximum atomic E-state index is 12.5. The average Bonchev–Trinajstić information content (AvgIpc) is 2.48. The van der Waals surface area contributed by atoms with E-state index < -0.39 is 10.0 Å². The lowest BCUT2D eigenvalue weighted by Crippen LogP contribution is -2.37. The number of nitrogens with one attached hydrogen (secondary N) is 1. The summed E-state index contributed by atoms with van der Waals surface area (Å²) in [6.45, 7) is 6.64. The summed E-state index contributed by atoms with van der Waals surface area (Å²) in [6.07, 6.45) is 2.96. The van der Waals surface area contributed by atoms with Gasteiger partial charge in [0.15, 0.2) is 0 Å². The maximum absolute atomic E-state index is 12.5. The van der Waals surface area contributed by atoms with E-state index in [0.717, 1.165) is 12.8 Å². The molecule has 2 rings (SSSR count). The first-order chi connectivity index (χ1) is 9.93. The van der Waals surface area contributed by atoms with Crippen LogP contribution in [-0.4, -0.2) is 31.7 Å². The third kappa shape index (κ3) is 3.71. The van der Waals surface area contributed by atoms with Crippen molar-refractivity contribution in [2.24, 2.45) is 5.92 Å². The molecule has 1 aromatic carbocycles. The number of nitrogens with zero attached hydrogens (tertiary/aromatic N) is 1. The minimum Gasteiger partial charge on any atom is -0.323 e. The van der Waals surface area contributed by atoms with Crippen molar-refractivity contribution in [2.45, 2.75) is 24.7 Å². The van der Waals surface area contributed by atoms with Gasteiger partial charge in [0.05, 0.1) is 4.90 Å². The molecule has 0 spiro atoms. The molecule has 1 aliphatic rings. The molecule has 1 N–H and O–H groups in total. The largest absolute Gasteiger partial charge is 0.323 e. The Morgan fingerprint density at radius 2 is 1.86 bits per heavy atom. The first-order valence-corrected chi connectivity index (χ1v) is 8.41. The molecule has 0 aliphatic carbocycles. The lowest BCUT2D eigenvalue weighted by molar-refractivity contribution is -0.111. The van der Waals surface area contributed by atoms with E-state index in [2.05, 4.69) is 18.8 Å². The zero-order valence-electron chi connectivity index (χ0n) is 12.1. The molecule has 1 amide bonds. The zero-order valence-corrected chi connectivity index (χ0v) is 12.9. The van der Waals surface area contributed by atoms with Crippen molar-refractivity contribution in [2.75, 3.05) is 18.4 Å². The van der Waals surface area contributed by atoms with Gasteiger partial charge in [0, 0.05) is 18.8 Å². The number of carbonyl (C=O) groups is 1. The minimum absolute atomic E-state index is 0.258. The fourth-order valence-corrected chi connectivity index (χ4v) is 3.75. The highest BCUT2D eigenvalue weighted by Crippen LogP contribution is 2.24. The maximum Gasteiger partial charge on any atom is 0.247 e. The van der Waals surface area contributed by atoms with Gasteiger partial charge in [-0.15, -0.1) is 0 Å². The molecule has 1 aromatic rings. The smallest absolute Gasteiger partial charge is 0.247 e. The number of hydrogen-bond acceptors (Lipinski definition) is 3. The molecule has 5 nitrogen and oxygen atoms in total. The van der Waals surface area contributed by atoms with Crippen LogP contribution in [0.25, 0.3) is 0 Å². The predicted octanol–water partition coefficient (Wildman–Crippen LogP) is 2.23. The van der Waals surface area contributed by atoms with Gasteiger partial charge in [-0.3, -0.25) is 4.79 Å². The van der Waals surface area contributed by atoms with Crippen LogP contribution in [0.3, 0.4) is 0 Å². The number of rotatable bonds is 4. The van der Waals surface area contributed by atoms with Crippen molar-refractivity contribution >= 4 is 21.6 Å². The van der Waals surface area contributed by atoms with E-state index in [1.807, 2.05) is 0 Å². The molecule has 0 aromatic heterocycles. The topological polar surface area (TPSA) is 66.5 Å². The molecular weight excluding hydrogens is 288 g/mol. The fraction of sp³-hybridized carbons (Fsp3) is 0.400. The zero-order chi connectivity index (χ0) is 15.5. The van der Waals surface area contributed by atoms with E-state index >= 15 is 0 Å². The molecule has 0 radical (unpaired) electrons. The van der Waals surface area contributed by atoms with Gasteiger partial charge in [0.25, 0.3) is 0 Å². The lowest BCUT2D eigenvalue weighted by Gasteiger charge is -2.29. The van der Waals surface area contributed by atoms with Crippen LogP contribution in [0.1, 0.15) is 19.8 Å². The first-order valence-electron chi connectivity index (χ1n) is 6.97. The van der Waals surface area contributed by atoms with Crippen molar-refractivity contribution in [3.8, 4) is 0 Å². The van der Waals surface area contributed by atoms with Crippen molar-refractivity contribution < 1.29 is 13.2 Å². The van der Waals surface area contributed by atoms with Crippen molar-refractivity contribution in [3.05, 3.63) is 36.9 Å². The SMILES string of the molecule is C=CC(=O)Nc1ccc(S(=O)(=O)N2CCC(C)CC2)cc1. The van der Waals surface area contributed by atoms with E-state index in [-0.39, 0.29) is 10.8 Å². The second-order valence-corrected chi connectivity index (χ2v) is 7.24. The summed E-state index contributed by atoms with van der Waals surface area (Å²) >= 11 is 0. The Bertz CT molecular complexity index is 615. The molecule has 0 atom stereocenters. The standard InChI is InChI=1S/C15H20N2O3S/c1-3-15(18)16-13-4-6-14(7-5-13)21(19,20)17-10-8-12(2)9-11-17/h3-7,12H,1,8-11H2,2H3,(H,16,18). The van der Waals surface area contributed by atoms with Crippen LogP contribution in [0.2, 0.25) is 0 Å². The van der Waals surface area contributed by atoms with Gasteiger partial charge >= 0.3 is 0 Å². The summed E-state index contributed by atoms with van der Waals surface area (Å²) in [5, 5.41) is 2.59. The third-order valence-electron chi connectivity index (χ3n) is 3.69. The van der Waals surface area contributed by atoms with Gasteiger partial charge < -0.3 is 5.32 Å². The van der Waals surface area contributed by atoms with Crippen LogP contribution in [0.4, 0.5) is 5.69 Å². The average molecular weight is 308 g/mol. The van der Waals surface area contributed by atoms with Gasteiger partial charge in [0.1, 0.15) is 0 Å². The van der Waals surface area contributed by atoms with Crippen molar-refractivity contribution in [1.29, 1.82) is 0 Å². The van der Waals surface area contributed by atoms with E-state index in [4.69, 9.17) is 0 Å². The Morgan fingerprint density at radius 1 is 1.29 bits per heavy atom. The molecule has 0 saturated carbocycles. The van der Waals surface area contributed by atoms with E-state index in [9.17, 15) is 13.2 Å². The number of benzene rings is 1. The fourth-order valence-electron chi connectivity index (χ4n) is 2.28. The normalized spacial score (nSPS) is 17.4. The van der Waals surface area contributed by atoms with Crippen molar-refractivity contribution in [1.82, 2.24) is 4.31 Å². The highest BCUT2D eigenvalue weighted by atomic mass is 32.2. The van der Waals surface area contributed by atoms with E-state index in [1.54, 1.807) is 12.1 Å². The van der Waals surface area contributed by atoms with Gasteiger partial charge in [-0.05, 0) is 49.1 Å². The summed E-state index contributed by atoms with van der Waals surface area (Å²) in [5.74, 6) is 0.253. The number of anilines is 1. The second-order valence-electron chi connectivity index (χ2n) is 5.30. The molecule has 114 valence electrons. The quantitative estimate of drug-likeness (QED) is 0.867. The minimum atomic E-state index is -3.44. The Hall–Kier alpha value is -1.66. The molecule has 21 heavy (non-hydrogen) atoms. The monoisotopic (exact) mass is 308 g/mol. The van der Waals surface area contributed by atoms with Gasteiger partial charge in [0.2, 0.25) is 15.9 Å². The summed E-state index contributed by atoms with van der Waals surface area (Å²) in [4.78, 5) is 11.4. The first kappa shape index (κ1) is 15.7. The predicted molar refractivity (Wildman–Crippen MR) is 82.4 cm³/mol. The third-order valence-corrected chi connectivity index (χ3v) is 5.60. The molecular formula is C15H20N2O3S. The van der Waals surface area contributed by atoms with Crippen LogP contribution >= 0.6 is 0 Å². The van der Waals surface area contributed by atoms with E-state index in [1.165, 1.54) is 22.5 Å². The molecule has 1 saturated heterocycles. The van der Waals surface area contributed by atoms with Crippen LogP contribution in [-0.2, 0) is 14.8 Å². The van der Waals surface area contributed by atoms with Gasteiger partial charge in [-0.2, -0.15) is 4.31 Å². The van der Waals surface area contributed by atoms with Crippen LogP contribution in [0.15, 0.2) is 41.8 Å². The molecule has 1 aliphatic heterocycles. The second kappa shape index (κ2) is 6.41. The molecule has 1 heterocycles. The number of hydrogen-bond donors (Lipinski definition) is 1. The molecule has 0 bridgehead atoms. The summed E-state index contributed by atoms with van der Waals surface area (Å²) < 4.78 is 26.5. The van der Waals surface area contributed by atoms with Crippen LogP contribution in [0, 0.1) is 5.92 Å². The summed E-state index contributed by atoms with van der Waals surface area (Å²) in [7, 11) is -3.44. The number of carbonyl (C=O) groups excluding carboxylic acids is 1. The number of amides is 1.